The lowest BCUT2D eigenvalue weighted by atomic mass is 9.86. The molecule has 0 fully saturated rings. The average Bonchev–Trinajstić information content (AvgIpc) is 2.61. The van der Waals surface area contributed by atoms with Gasteiger partial charge in [-0.15, -0.1) is 0 Å². The molecule has 2 aromatic rings. The average molecular weight is 355 g/mol. The summed E-state index contributed by atoms with van der Waals surface area (Å²) in [7, 11) is 0. The Morgan fingerprint density at radius 3 is 2.08 bits per heavy atom. The van der Waals surface area contributed by atoms with Crippen LogP contribution in [0.15, 0.2) is 54.6 Å². The van der Waals surface area contributed by atoms with Gasteiger partial charge in [-0.2, -0.15) is 9.59 Å². The molecule has 138 valence electrons. The number of carbonyl (C=O) groups excluding carboxylic acids is 3. The van der Waals surface area contributed by atoms with E-state index in [-0.39, 0.29) is 17.7 Å². The van der Waals surface area contributed by atoms with E-state index in [0.717, 1.165) is 12.0 Å². The third kappa shape index (κ3) is 8.27. The van der Waals surface area contributed by atoms with Crippen molar-refractivity contribution in [3.05, 3.63) is 71.3 Å². The number of hydrogen-bond donors (Lipinski definition) is 1. The molecule has 1 amide bonds. The largest absolute Gasteiger partial charge is 0.445 e. The van der Waals surface area contributed by atoms with Crippen molar-refractivity contribution >= 4 is 12.2 Å². The Hall–Kier alpha value is -2.91. The Balaban J connectivity index is 0.00000105. The second-order valence-corrected chi connectivity index (χ2v) is 6.77. The fourth-order valence-corrected chi connectivity index (χ4v) is 2.25. The van der Waals surface area contributed by atoms with Gasteiger partial charge in [-0.25, -0.2) is 4.79 Å². The van der Waals surface area contributed by atoms with Crippen molar-refractivity contribution in [3.63, 3.8) is 0 Å². The predicted molar refractivity (Wildman–Crippen MR) is 98.5 cm³/mol. The van der Waals surface area contributed by atoms with Crippen LogP contribution in [-0.2, 0) is 32.8 Å². The number of benzene rings is 2. The second kappa shape index (κ2) is 10.9. The molecule has 0 aliphatic heterocycles. The van der Waals surface area contributed by atoms with Crippen molar-refractivity contribution < 1.29 is 19.1 Å². The molecular formula is C21H25NO4. The fourth-order valence-electron chi connectivity index (χ4n) is 2.25. The lowest BCUT2D eigenvalue weighted by Gasteiger charge is -2.19. The number of nitrogens with one attached hydrogen (secondary N) is 1. The van der Waals surface area contributed by atoms with Crippen LogP contribution in [0.3, 0.4) is 0 Å². The maximum Gasteiger partial charge on any atom is 0.407 e. The quantitative estimate of drug-likeness (QED) is 0.884. The molecule has 0 unspecified atom stereocenters. The van der Waals surface area contributed by atoms with Crippen molar-refractivity contribution in [3.8, 4) is 0 Å². The molecule has 0 radical (unpaired) electrons. The summed E-state index contributed by atoms with van der Waals surface area (Å²) in [5, 5.41) is 2.79. The molecule has 0 aliphatic rings. The Morgan fingerprint density at radius 2 is 1.54 bits per heavy atom. The smallest absolute Gasteiger partial charge is 0.407 e. The predicted octanol–water partition coefficient (Wildman–Crippen LogP) is 3.87. The number of ether oxygens (including phenoxy) is 1. The summed E-state index contributed by atoms with van der Waals surface area (Å²) in [6.07, 6.45) is 0.672. The van der Waals surface area contributed by atoms with Crippen LogP contribution in [0.4, 0.5) is 4.79 Å². The van der Waals surface area contributed by atoms with Crippen LogP contribution in [-0.4, -0.2) is 18.8 Å². The van der Waals surface area contributed by atoms with Crippen LogP contribution in [0.25, 0.3) is 0 Å². The van der Waals surface area contributed by atoms with Gasteiger partial charge in [-0.3, -0.25) is 0 Å². The van der Waals surface area contributed by atoms with Gasteiger partial charge in [-0.1, -0.05) is 75.4 Å². The summed E-state index contributed by atoms with van der Waals surface area (Å²) in [6.45, 7) is 7.47. The van der Waals surface area contributed by atoms with Crippen LogP contribution in [0, 0.1) is 0 Å². The summed E-state index contributed by atoms with van der Waals surface area (Å²) < 4.78 is 5.18. The van der Waals surface area contributed by atoms with Gasteiger partial charge in [-0.05, 0) is 28.5 Å². The zero-order chi connectivity index (χ0) is 19.4. The molecule has 0 saturated heterocycles. The first-order valence-electron chi connectivity index (χ1n) is 8.40. The Kier molecular flexibility index (Phi) is 8.82. The molecule has 26 heavy (non-hydrogen) atoms. The van der Waals surface area contributed by atoms with Gasteiger partial charge in [0.05, 0.1) is 0 Å². The van der Waals surface area contributed by atoms with Crippen molar-refractivity contribution in [2.24, 2.45) is 0 Å². The van der Waals surface area contributed by atoms with Crippen molar-refractivity contribution in [2.45, 2.75) is 39.2 Å². The molecule has 0 saturated carbocycles. The minimum atomic E-state index is -0.375. The Morgan fingerprint density at radius 1 is 0.962 bits per heavy atom. The van der Waals surface area contributed by atoms with Gasteiger partial charge in [0.2, 0.25) is 0 Å². The molecule has 0 aliphatic carbocycles. The minimum absolute atomic E-state index is 0.165. The number of amides is 1. The highest BCUT2D eigenvalue weighted by Gasteiger charge is 2.12. The summed E-state index contributed by atoms with van der Waals surface area (Å²) in [5.41, 5.74) is 3.68. The van der Waals surface area contributed by atoms with Gasteiger partial charge in [0, 0.05) is 6.54 Å². The lowest BCUT2D eigenvalue weighted by Crippen LogP contribution is -2.26. The van der Waals surface area contributed by atoms with Crippen molar-refractivity contribution in [1.29, 1.82) is 0 Å². The van der Waals surface area contributed by atoms with E-state index in [2.05, 4.69) is 50.4 Å². The van der Waals surface area contributed by atoms with Crippen LogP contribution in [0.2, 0.25) is 0 Å². The zero-order valence-electron chi connectivity index (χ0n) is 15.5. The number of alkyl carbamates (subject to hydrolysis) is 1. The van der Waals surface area contributed by atoms with E-state index >= 15 is 0 Å². The Bertz CT molecular complexity index is 697. The fraction of sp³-hybridized carbons (Fsp3) is 0.333. The molecule has 5 heteroatoms. The SMILES string of the molecule is CC(C)(C)c1ccc(CCNC(=O)OCc2ccccc2)cc1.O=C=O. The molecule has 2 aromatic carbocycles. The number of rotatable bonds is 5. The van der Waals surface area contributed by atoms with E-state index in [4.69, 9.17) is 14.3 Å². The van der Waals surface area contributed by atoms with Gasteiger partial charge < -0.3 is 10.1 Å². The van der Waals surface area contributed by atoms with E-state index in [1.54, 1.807) is 0 Å². The molecule has 0 atom stereocenters. The molecular weight excluding hydrogens is 330 g/mol. The standard InChI is InChI=1S/C20H25NO2.CO2/c1-20(2,3)18-11-9-16(10-12-18)13-14-21-19(22)23-15-17-7-5-4-6-8-17;2-1-3/h4-12H,13-15H2,1-3H3,(H,21,22);. The number of carbonyl (C=O) groups is 1. The minimum Gasteiger partial charge on any atom is -0.445 e. The molecule has 5 nitrogen and oxygen atoms in total. The van der Waals surface area contributed by atoms with Gasteiger partial charge in [0.1, 0.15) is 6.61 Å². The van der Waals surface area contributed by atoms with Crippen molar-refractivity contribution in [1.82, 2.24) is 5.32 Å². The summed E-state index contributed by atoms with van der Waals surface area (Å²) in [4.78, 5) is 27.9. The maximum absolute atomic E-state index is 11.7. The lowest BCUT2D eigenvalue weighted by molar-refractivity contribution is -0.191. The zero-order valence-corrected chi connectivity index (χ0v) is 15.5. The summed E-state index contributed by atoms with van der Waals surface area (Å²) >= 11 is 0. The molecule has 0 spiro atoms. The highest BCUT2D eigenvalue weighted by Crippen LogP contribution is 2.22. The topological polar surface area (TPSA) is 72.5 Å². The van der Waals surface area contributed by atoms with Crippen LogP contribution in [0.5, 0.6) is 0 Å². The van der Waals surface area contributed by atoms with Crippen LogP contribution >= 0.6 is 0 Å². The highest BCUT2D eigenvalue weighted by atomic mass is 16.5. The molecule has 2 rings (SSSR count). The van der Waals surface area contributed by atoms with Crippen LogP contribution < -0.4 is 5.32 Å². The van der Waals surface area contributed by atoms with E-state index in [9.17, 15) is 4.79 Å². The molecule has 0 bridgehead atoms. The molecule has 0 heterocycles. The van der Waals surface area contributed by atoms with E-state index in [1.807, 2.05) is 30.3 Å². The normalized spacial score (nSPS) is 10.1. The first-order chi connectivity index (χ1) is 12.4. The first kappa shape index (κ1) is 21.1. The first-order valence-corrected chi connectivity index (χ1v) is 8.40. The van der Waals surface area contributed by atoms with Crippen LogP contribution in [0.1, 0.15) is 37.5 Å². The highest BCUT2D eigenvalue weighted by molar-refractivity contribution is 5.67. The second-order valence-electron chi connectivity index (χ2n) is 6.77. The van der Waals surface area contributed by atoms with Gasteiger partial charge >= 0.3 is 12.2 Å². The van der Waals surface area contributed by atoms with E-state index in [0.29, 0.717) is 13.2 Å². The monoisotopic (exact) mass is 355 g/mol. The van der Waals surface area contributed by atoms with Crippen molar-refractivity contribution in [2.75, 3.05) is 6.54 Å². The maximum atomic E-state index is 11.7. The molecule has 0 aromatic heterocycles. The third-order valence-electron chi connectivity index (χ3n) is 3.72. The molecule has 1 N–H and O–H groups in total. The van der Waals surface area contributed by atoms with E-state index in [1.165, 1.54) is 11.1 Å². The third-order valence-corrected chi connectivity index (χ3v) is 3.72. The summed E-state index contributed by atoms with van der Waals surface area (Å²) in [6, 6.07) is 18.2. The Labute approximate surface area is 154 Å². The van der Waals surface area contributed by atoms with Gasteiger partial charge in [0.15, 0.2) is 0 Å². The van der Waals surface area contributed by atoms with Gasteiger partial charge in [0.25, 0.3) is 0 Å². The summed E-state index contributed by atoms with van der Waals surface area (Å²) in [5.74, 6) is 0. The number of hydrogen-bond acceptors (Lipinski definition) is 4. The van der Waals surface area contributed by atoms with E-state index < -0.39 is 0 Å².